The number of carbonyl (C=O) groups is 1. The van der Waals surface area contributed by atoms with E-state index >= 15 is 0 Å². The zero-order valence-electron chi connectivity index (χ0n) is 15.5. The van der Waals surface area contributed by atoms with E-state index in [0.717, 1.165) is 26.6 Å². The van der Waals surface area contributed by atoms with Crippen molar-refractivity contribution in [1.29, 1.82) is 0 Å². The van der Waals surface area contributed by atoms with Gasteiger partial charge in [-0.15, -0.1) is 11.3 Å². The number of carboxylic acids is 1. The Labute approximate surface area is 162 Å². The molecule has 3 rings (SSSR count). The van der Waals surface area contributed by atoms with Crippen molar-refractivity contribution in [3.05, 3.63) is 52.9 Å². The fraction of sp³-hybridized carbons (Fsp3) is 0.238. The van der Waals surface area contributed by atoms with Gasteiger partial charge in [0.2, 0.25) is 0 Å². The van der Waals surface area contributed by atoms with E-state index in [1.54, 1.807) is 7.11 Å². The van der Waals surface area contributed by atoms with Gasteiger partial charge in [-0.3, -0.25) is 4.79 Å². The second-order valence-corrected chi connectivity index (χ2v) is 7.11. The van der Waals surface area contributed by atoms with Crippen LogP contribution in [0.5, 0.6) is 11.5 Å². The molecule has 0 radical (unpaired) electrons. The summed E-state index contributed by atoms with van der Waals surface area (Å²) in [5, 5.41) is 10.0. The summed E-state index contributed by atoms with van der Waals surface area (Å²) in [6, 6.07) is 13.6. The van der Waals surface area contributed by atoms with E-state index in [4.69, 9.17) is 14.5 Å². The second-order valence-electron chi connectivity index (χ2n) is 6.03. The first-order valence-corrected chi connectivity index (χ1v) is 9.43. The molecule has 0 bridgehead atoms. The zero-order chi connectivity index (χ0) is 19.4. The van der Waals surface area contributed by atoms with Crippen molar-refractivity contribution in [2.75, 3.05) is 13.7 Å². The van der Waals surface area contributed by atoms with Gasteiger partial charge in [0.1, 0.15) is 5.01 Å². The topological polar surface area (TPSA) is 68.7 Å². The molecule has 0 aliphatic carbocycles. The number of aliphatic carboxylic acids is 1. The molecule has 0 saturated carbocycles. The molecule has 1 aromatic heterocycles. The number of rotatable bonds is 7. The standard InChI is InChI=1S/C21H21NO4S/c1-4-26-17-11-15(9-10-16(17)25-3)21-22-20(18(27-21)12-19(23)24)14-7-5-13(2)6-8-14/h5-11H,4,12H2,1-3H3,(H,23,24). The molecule has 6 heteroatoms. The molecule has 1 heterocycles. The highest BCUT2D eigenvalue weighted by molar-refractivity contribution is 7.15. The number of thiazole rings is 1. The molecule has 3 aromatic rings. The van der Waals surface area contributed by atoms with Gasteiger partial charge in [0, 0.05) is 16.0 Å². The van der Waals surface area contributed by atoms with Crippen LogP contribution in [0.2, 0.25) is 0 Å². The number of hydrogen-bond acceptors (Lipinski definition) is 5. The number of benzene rings is 2. The van der Waals surface area contributed by atoms with E-state index in [1.165, 1.54) is 11.3 Å². The van der Waals surface area contributed by atoms with Crippen molar-refractivity contribution >= 4 is 17.3 Å². The third kappa shape index (κ3) is 4.28. The van der Waals surface area contributed by atoms with Crippen LogP contribution in [0.1, 0.15) is 17.4 Å². The van der Waals surface area contributed by atoms with Crippen LogP contribution >= 0.6 is 11.3 Å². The van der Waals surface area contributed by atoms with Gasteiger partial charge in [-0.2, -0.15) is 0 Å². The molecule has 0 fully saturated rings. The minimum Gasteiger partial charge on any atom is -0.493 e. The SMILES string of the molecule is CCOc1cc(-c2nc(-c3ccc(C)cc3)c(CC(=O)O)s2)ccc1OC. The molecular weight excluding hydrogens is 362 g/mol. The zero-order valence-corrected chi connectivity index (χ0v) is 16.3. The summed E-state index contributed by atoms with van der Waals surface area (Å²) >= 11 is 1.39. The van der Waals surface area contributed by atoms with Crippen LogP contribution in [-0.4, -0.2) is 29.8 Å². The number of aromatic nitrogens is 1. The summed E-state index contributed by atoms with van der Waals surface area (Å²) in [5.41, 5.74) is 3.64. The summed E-state index contributed by atoms with van der Waals surface area (Å²) in [6.07, 6.45) is -0.0602. The Bertz CT molecular complexity index is 947. The third-order valence-corrected chi connectivity index (χ3v) is 5.15. The summed E-state index contributed by atoms with van der Waals surface area (Å²) in [4.78, 5) is 16.8. The molecule has 2 aromatic carbocycles. The molecule has 0 spiro atoms. The molecule has 0 saturated heterocycles. The Morgan fingerprint density at radius 2 is 1.81 bits per heavy atom. The molecule has 27 heavy (non-hydrogen) atoms. The van der Waals surface area contributed by atoms with Gasteiger partial charge in [-0.25, -0.2) is 4.98 Å². The van der Waals surface area contributed by atoms with E-state index in [-0.39, 0.29) is 6.42 Å². The first-order chi connectivity index (χ1) is 13.0. The normalized spacial score (nSPS) is 10.6. The Hall–Kier alpha value is -2.86. The van der Waals surface area contributed by atoms with Crippen molar-refractivity contribution in [3.63, 3.8) is 0 Å². The van der Waals surface area contributed by atoms with Crippen molar-refractivity contribution in [3.8, 4) is 33.3 Å². The molecule has 1 N–H and O–H groups in total. The average molecular weight is 383 g/mol. The second kappa shape index (κ2) is 8.22. The number of aryl methyl sites for hydroxylation is 1. The van der Waals surface area contributed by atoms with E-state index < -0.39 is 5.97 Å². The Morgan fingerprint density at radius 3 is 2.44 bits per heavy atom. The van der Waals surface area contributed by atoms with Gasteiger partial charge >= 0.3 is 5.97 Å². The van der Waals surface area contributed by atoms with Crippen LogP contribution < -0.4 is 9.47 Å². The van der Waals surface area contributed by atoms with E-state index in [9.17, 15) is 9.90 Å². The van der Waals surface area contributed by atoms with Crippen molar-refractivity contribution in [1.82, 2.24) is 4.98 Å². The number of methoxy groups -OCH3 is 1. The first-order valence-electron chi connectivity index (χ1n) is 8.61. The van der Waals surface area contributed by atoms with Crippen LogP contribution in [0.25, 0.3) is 21.8 Å². The molecule has 0 aliphatic heterocycles. The Balaban J connectivity index is 2.07. The van der Waals surface area contributed by atoms with Gasteiger partial charge in [0.25, 0.3) is 0 Å². The molecule has 0 aliphatic rings. The van der Waals surface area contributed by atoms with Crippen molar-refractivity contribution < 1.29 is 19.4 Å². The number of hydrogen-bond donors (Lipinski definition) is 1. The molecule has 0 atom stereocenters. The predicted molar refractivity (Wildman–Crippen MR) is 107 cm³/mol. The van der Waals surface area contributed by atoms with E-state index in [0.29, 0.717) is 23.8 Å². The fourth-order valence-electron chi connectivity index (χ4n) is 2.75. The summed E-state index contributed by atoms with van der Waals surface area (Å²) < 4.78 is 11.0. The maximum absolute atomic E-state index is 11.3. The minimum absolute atomic E-state index is 0.0602. The van der Waals surface area contributed by atoms with Gasteiger partial charge in [-0.1, -0.05) is 29.8 Å². The largest absolute Gasteiger partial charge is 0.493 e. The molecule has 0 unspecified atom stereocenters. The fourth-order valence-corrected chi connectivity index (χ4v) is 3.82. The van der Waals surface area contributed by atoms with E-state index in [1.807, 2.05) is 56.3 Å². The lowest BCUT2D eigenvalue weighted by molar-refractivity contribution is -0.136. The smallest absolute Gasteiger partial charge is 0.308 e. The van der Waals surface area contributed by atoms with E-state index in [2.05, 4.69) is 0 Å². The van der Waals surface area contributed by atoms with Gasteiger partial charge in [0.05, 0.1) is 25.8 Å². The lowest BCUT2D eigenvalue weighted by atomic mass is 10.1. The van der Waals surface area contributed by atoms with Crippen LogP contribution in [0, 0.1) is 6.92 Å². The monoisotopic (exact) mass is 383 g/mol. The third-order valence-electron chi connectivity index (χ3n) is 4.04. The highest BCUT2D eigenvalue weighted by atomic mass is 32.1. The van der Waals surface area contributed by atoms with Gasteiger partial charge in [0.15, 0.2) is 11.5 Å². The predicted octanol–water partition coefficient (Wildman–Crippen LogP) is 4.82. The first kappa shape index (κ1) is 18.9. The van der Waals surface area contributed by atoms with Crippen LogP contribution in [0.15, 0.2) is 42.5 Å². The van der Waals surface area contributed by atoms with Gasteiger partial charge in [-0.05, 0) is 32.0 Å². The summed E-state index contributed by atoms with van der Waals surface area (Å²) in [7, 11) is 1.60. The number of nitrogens with zero attached hydrogens (tertiary/aromatic N) is 1. The number of carboxylic acid groups (broad SMARTS) is 1. The van der Waals surface area contributed by atoms with Crippen molar-refractivity contribution in [2.24, 2.45) is 0 Å². The molecule has 140 valence electrons. The van der Waals surface area contributed by atoms with Crippen LogP contribution in [-0.2, 0) is 11.2 Å². The maximum Gasteiger partial charge on any atom is 0.308 e. The summed E-state index contributed by atoms with van der Waals surface area (Å²) in [6.45, 7) is 4.45. The minimum atomic E-state index is -0.872. The average Bonchev–Trinajstić information content (AvgIpc) is 3.05. The molecular formula is C21H21NO4S. The van der Waals surface area contributed by atoms with Gasteiger partial charge < -0.3 is 14.6 Å². The Morgan fingerprint density at radius 1 is 1.11 bits per heavy atom. The molecule has 0 amide bonds. The Kier molecular flexibility index (Phi) is 5.76. The lowest BCUT2D eigenvalue weighted by Gasteiger charge is -2.10. The number of ether oxygens (including phenoxy) is 2. The highest BCUT2D eigenvalue weighted by Gasteiger charge is 2.18. The van der Waals surface area contributed by atoms with Crippen molar-refractivity contribution in [2.45, 2.75) is 20.3 Å². The van der Waals surface area contributed by atoms with Crippen LogP contribution in [0.3, 0.4) is 0 Å². The quantitative estimate of drug-likeness (QED) is 0.633. The molecule has 5 nitrogen and oxygen atoms in total. The maximum atomic E-state index is 11.3. The van der Waals surface area contributed by atoms with Crippen LogP contribution in [0.4, 0.5) is 0 Å². The lowest BCUT2D eigenvalue weighted by Crippen LogP contribution is -1.99. The summed E-state index contributed by atoms with van der Waals surface area (Å²) in [5.74, 6) is 0.425. The highest BCUT2D eigenvalue weighted by Crippen LogP contribution is 2.38.